The normalized spacial score (nSPS) is 31.7. The lowest BCUT2D eigenvalue weighted by Crippen LogP contribution is -2.23. The molecule has 1 fully saturated rings. The van der Waals surface area contributed by atoms with Crippen molar-refractivity contribution >= 4 is 0 Å². The molecule has 3 heteroatoms. The SMILES string of the molecule is CCCC1CC1(N)c1ccncn1. The van der Waals surface area contributed by atoms with Crippen LogP contribution in [0.3, 0.4) is 0 Å². The van der Waals surface area contributed by atoms with Crippen molar-refractivity contribution in [2.45, 2.75) is 31.7 Å². The average Bonchev–Trinajstić information content (AvgIpc) is 2.81. The fourth-order valence-electron chi connectivity index (χ4n) is 1.94. The summed E-state index contributed by atoms with van der Waals surface area (Å²) in [5.74, 6) is 0.632. The van der Waals surface area contributed by atoms with Gasteiger partial charge < -0.3 is 5.73 Å². The Labute approximate surface area is 78.4 Å². The molecule has 70 valence electrons. The maximum Gasteiger partial charge on any atom is 0.115 e. The van der Waals surface area contributed by atoms with Gasteiger partial charge in [-0.3, -0.25) is 0 Å². The van der Waals surface area contributed by atoms with Crippen LogP contribution in [0.25, 0.3) is 0 Å². The highest BCUT2D eigenvalue weighted by atomic mass is 14.9. The van der Waals surface area contributed by atoms with Crippen LogP contribution in [-0.4, -0.2) is 9.97 Å². The number of nitrogens with zero attached hydrogens (tertiary/aromatic N) is 2. The van der Waals surface area contributed by atoms with Crippen LogP contribution in [0, 0.1) is 5.92 Å². The first-order chi connectivity index (χ1) is 6.27. The minimum absolute atomic E-state index is 0.140. The predicted octanol–water partition coefficient (Wildman–Crippen LogP) is 1.45. The Hall–Kier alpha value is -0.960. The highest BCUT2D eigenvalue weighted by Gasteiger charge is 2.52. The minimum atomic E-state index is -0.140. The molecule has 0 radical (unpaired) electrons. The van der Waals surface area contributed by atoms with Gasteiger partial charge in [0.25, 0.3) is 0 Å². The highest BCUT2D eigenvalue weighted by molar-refractivity contribution is 5.23. The second-order valence-electron chi connectivity index (χ2n) is 3.82. The van der Waals surface area contributed by atoms with Crippen LogP contribution in [0.4, 0.5) is 0 Å². The van der Waals surface area contributed by atoms with E-state index in [2.05, 4.69) is 16.9 Å². The van der Waals surface area contributed by atoms with Gasteiger partial charge in [0, 0.05) is 6.20 Å². The van der Waals surface area contributed by atoms with Crippen LogP contribution in [0.1, 0.15) is 31.9 Å². The second kappa shape index (κ2) is 3.07. The van der Waals surface area contributed by atoms with Crippen LogP contribution in [0.5, 0.6) is 0 Å². The standard InChI is InChI=1S/C10H15N3/c1-2-3-8-6-10(8,11)9-4-5-12-7-13-9/h4-5,7-8H,2-3,6,11H2,1H3. The van der Waals surface area contributed by atoms with Crippen molar-refractivity contribution in [1.82, 2.24) is 9.97 Å². The zero-order valence-corrected chi connectivity index (χ0v) is 7.90. The molecule has 0 spiro atoms. The van der Waals surface area contributed by atoms with Gasteiger partial charge in [0.1, 0.15) is 6.33 Å². The van der Waals surface area contributed by atoms with Crippen LogP contribution < -0.4 is 5.73 Å². The number of hydrogen-bond donors (Lipinski definition) is 1. The van der Waals surface area contributed by atoms with Crippen molar-refractivity contribution in [2.24, 2.45) is 11.7 Å². The van der Waals surface area contributed by atoms with E-state index in [9.17, 15) is 0 Å². The third kappa shape index (κ3) is 1.44. The fraction of sp³-hybridized carbons (Fsp3) is 0.600. The van der Waals surface area contributed by atoms with E-state index in [-0.39, 0.29) is 5.54 Å². The van der Waals surface area contributed by atoms with Gasteiger partial charge in [-0.25, -0.2) is 9.97 Å². The summed E-state index contributed by atoms with van der Waals surface area (Å²) in [5, 5.41) is 0. The van der Waals surface area contributed by atoms with Gasteiger partial charge in [0.2, 0.25) is 0 Å². The molecule has 2 rings (SSSR count). The molecule has 2 N–H and O–H groups in total. The Morgan fingerprint density at radius 2 is 2.54 bits per heavy atom. The fourth-order valence-corrected chi connectivity index (χ4v) is 1.94. The lowest BCUT2D eigenvalue weighted by molar-refractivity contribution is 0.569. The summed E-state index contributed by atoms with van der Waals surface area (Å²) < 4.78 is 0. The van der Waals surface area contributed by atoms with Gasteiger partial charge in [-0.1, -0.05) is 13.3 Å². The van der Waals surface area contributed by atoms with Crippen LogP contribution in [0.2, 0.25) is 0 Å². The van der Waals surface area contributed by atoms with Crippen LogP contribution in [-0.2, 0) is 5.54 Å². The number of rotatable bonds is 3. The molecule has 0 aromatic carbocycles. The van der Waals surface area contributed by atoms with E-state index in [1.165, 1.54) is 12.8 Å². The molecule has 13 heavy (non-hydrogen) atoms. The van der Waals surface area contributed by atoms with E-state index in [4.69, 9.17) is 5.73 Å². The maximum atomic E-state index is 6.21. The molecule has 1 heterocycles. The van der Waals surface area contributed by atoms with Crippen LogP contribution >= 0.6 is 0 Å². The molecule has 1 aromatic heterocycles. The first-order valence-electron chi connectivity index (χ1n) is 4.82. The van der Waals surface area contributed by atoms with Crippen molar-refractivity contribution in [1.29, 1.82) is 0 Å². The van der Waals surface area contributed by atoms with Crippen molar-refractivity contribution in [3.05, 3.63) is 24.3 Å². The summed E-state index contributed by atoms with van der Waals surface area (Å²) in [6.45, 7) is 2.19. The summed E-state index contributed by atoms with van der Waals surface area (Å²) in [5.41, 5.74) is 7.07. The van der Waals surface area contributed by atoms with E-state index >= 15 is 0 Å². The summed E-state index contributed by atoms with van der Waals surface area (Å²) >= 11 is 0. The van der Waals surface area contributed by atoms with Crippen LogP contribution in [0.15, 0.2) is 18.6 Å². The first kappa shape index (κ1) is 8.63. The predicted molar refractivity (Wildman–Crippen MR) is 50.9 cm³/mol. The number of nitrogens with two attached hydrogens (primary N) is 1. The summed E-state index contributed by atoms with van der Waals surface area (Å²) in [7, 11) is 0. The smallest absolute Gasteiger partial charge is 0.115 e. The Morgan fingerprint density at radius 1 is 1.69 bits per heavy atom. The number of aromatic nitrogens is 2. The van der Waals surface area contributed by atoms with Gasteiger partial charge in [-0.2, -0.15) is 0 Å². The molecular formula is C10H15N3. The molecule has 2 atom stereocenters. The lowest BCUT2D eigenvalue weighted by Gasteiger charge is -2.09. The Morgan fingerprint density at radius 3 is 3.15 bits per heavy atom. The third-order valence-electron chi connectivity index (χ3n) is 2.85. The van der Waals surface area contributed by atoms with Gasteiger partial charge in [-0.15, -0.1) is 0 Å². The molecule has 1 saturated carbocycles. The summed E-state index contributed by atoms with van der Waals surface area (Å²) in [6.07, 6.45) is 6.83. The van der Waals surface area contributed by atoms with Crippen molar-refractivity contribution in [2.75, 3.05) is 0 Å². The molecular weight excluding hydrogens is 162 g/mol. The first-order valence-corrected chi connectivity index (χ1v) is 4.82. The molecule has 1 aliphatic carbocycles. The summed E-state index contributed by atoms with van der Waals surface area (Å²) in [4.78, 5) is 8.10. The largest absolute Gasteiger partial charge is 0.320 e. The second-order valence-corrected chi connectivity index (χ2v) is 3.82. The lowest BCUT2D eigenvalue weighted by atomic mass is 10.1. The third-order valence-corrected chi connectivity index (χ3v) is 2.85. The molecule has 0 saturated heterocycles. The Kier molecular flexibility index (Phi) is 2.04. The van der Waals surface area contributed by atoms with E-state index in [1.54, 1.807) is 12.5 Å². The molecule has 1 aromatic rings. The van der Waals surface area contributed by atoms with E-state index in [0.717, 1.165) is 12.1 Å². The number of hydrogen-bond acceptors (Lipinski definition) is 3. The minimum Gasteiger partial charge on any atom is -0.320 e. The molecule has 0 aliphatic heterocycles. The van der Waals surface area contributed by atoms with E-state index < -0.39 is 0 Å². The van der Waals surface area contributed by atoms with Crippen molar-refractivity contribution in [3.8, 4) is 0 Å². The molecule has 0 amide bonds. The molecule has 1 aliphatic rings. The summed E-state index contributed by atoms with van der Waals surface area (Å²) in [6, 6.07) is 1.93. The zero-order valence-electron chi connectivity index (χ0n) is 7.90. The van der Waals surface area contributed by atoms with Gasteiger partial charge >= 0.3 is 0 Å². The van der Waals surface area contributed by atoms with Gasteiger partial charge in [-0.05, 0) is 24.8 Å². The van der Waals surface area contributed by atoms with E-state index in [0.29, 0.717) is 5.92 Å². The monoisotopic (exact) mass is 177 g/mol. The van der Waals surface area contributed by atoms with Crippen molar-refractivity contribution in [3.63, 3.8) is 0 Å². The average molecular weight is 177 g/mol. The highest BCUT2D eigenvalue weighted by Crippen LogP contribution is 2.51. The zero-order chi connectivity index (χ0) is 9.31. The van der Waals surface area contributed by atoms with E-state index in [1.807, 2.05) is 6.07 Å². The van der Waals surface area contributed by atoms with Gasteiger partial charge in [0.15, 0.2) is 0 Å². The van der Waals surface area contributed by atoms with Crippen molar-refractivity contribution < 1.29 is 0 Å². The van der Waals surface area contributed by atoms with Gasteiger partial charge in [0.05, 0.1) is 11.2 Å². The quantitative estimate of drug-likeness (QED) is 0.760. The molecule has 3 nitrogen and oxygen atoms in total. The topological polar surface area (TPSA) is 51.8 Å². The Bertz CT molecular complexity index is 285. The molecule has 2 unspecified atom stereocenters. The maximum absolute atomic E-state index is 6.21. The molecule has 0 bridgehead atoms. The Balaban J connectivity index is 2.11.